The van der Waals surface area contributed by atoms with Gasteiger partial charge < -0.3 is 29.2 Å². The van der Waals surface area contributed by atoms with Gasteiger partial charge in [-0.25, -0.2) is 9.59 Å². The molecule has 2 atom stereocenters. The molecule has 194 valence electrons. The van der Waals surface area contributed by atoms with E-state index in [0.717, 1.165) is 51.4 Å². The van der Waals surface area contributed by atoms with E-state index in [0.29, 0.717) is 24.3 Å². The molecule has 0 bridgehead atoms. The minimum atomic E-state index is -0.953. The Morgan fingerprint density at radius 3 is 1.44 bits per heavy atom. The molecule has 1 rings (SSSR count). The summed E-state index contributed by atoms with van der Waals surface area (Å²) in [5, 5.41) is 18.6. The van der Waals surface area contributed by atoms with Gasteiger partial charge in [-0.15, -0.1) is 0 Å². The molecule has 2 N–H and O–H groups in total. The van der Waals surface area contributed by atoms with Gasteiger partial charge >= 0.3 is 11.9 Å². The molecule has 34 heavy (non-hydrogen) atoms. The Bertz CT molecular complexity index is 622. The summed E-state index contributed by atoms with van der Waals surface area (Å²) < 4.78 is 22.4. The van der Waals surface area contributed by atoms with Crippen LogP contribution in [0.25, 0.3) is 0 Å². The van der Waals surface area contributed by atoms with Gasteiger partial charge in [0.2, 0.25) is 0 Å². The van der Waals surface area contributed by atoms with Crippen molar-refractivity contribution in [1.29, 1.82) is 0 Å². The van der Waals surface area contributed by atoms with Crippen molar-refractivity contribution in [3.8, 4) is 11.5 Å². The second-order valence-corrected chi connectivity index (χ2v) is 8.24. The van der Waals surface area contributed by atoms with E-state index >= 15 is 0 Å². The van der Waals surface area contributed by atoms with E-state index < -0.39 is 24.1 Å². The summed E-state index contributed by atoms with van der Waals surface area (Å²) in [5.74, 6) is -0.888. The average molecular weight is 483 g/mol. The summed E-state index contributed by atoms with van der Waals surface area (Å²) >= 11 is 0. The van der Waals surface area contributed by atoms with E-state index in [4.69, 9.17) is 18.9 Å². The predicted molar refractivity (Wildman–Crippen MR) is 130 cm³/mol. The van der Waals surface area contributed by atoms with Gasteiger partial charge in [0, 0.05) is 0 Å². The third kappa shape index (κ3) is 13.4. The molecule has 0 aromatic heterocycles. The third-order valence-corrected chi connectivity index (χ3v) is 5.36. The molecule has 0 aliphatic carbocycles. The lowest BCUT2D eigenvalue weighted by Gasteiger charge is -2.16. The predicted octanol–water partition coefficient (Wildman–Crippen LogP) is 5.32. The van der Waals surface area contributed by atoms with Crippen molar-refractivity contribution < 1.29 is 38.7 Å². The molecule has 2 unspecified atom stereocenters. The van der Waals surface area contributed by atoms with Crippen LogP contribution >= 0.6 is 0 Å². The van der Waals surface area contributed by atoms with Gasteiger partial charge in [-0.3, -0.25) is 0 Å². The van der Waals surface area contributed by atoms with Crippen LogP contribution in [0.3, 0.4) is 0 Å². The van der Waals surface area contributed by atoms with Gasteiger partial charge in [-0.2, -0.15) is 0 Å². The highest BCUT2D eigenvalue weighted by Crippen LogP contribution is 2.26. The standard InChI is InChI=1S/C26H42O8/c1-3-5-7-9-15-23(25(27)28)33-19-17-31-21-13-11-12-14-22(21)32-18-20-34-24(26(29)30)16-10-8-6-4-2/h11-14,23-24H,3-10,15-20H2,1-2H3,(H,27,28)(H,29,30). The molecule has 8 heteroatoms. The molecule has 0 saturated heterocycles. The highest BCUT2D eigenvalue weighted by atomic mass is 16.6. The Hall–Kier alpha value is -2.32. The van der Waals surface area contributed by atoms with Crippen LogP contribution in [-0.4, -0.2) is 60.8 Å². The highest BCUT2D eigenvalue weighted by molar-refractivity contribution is 5.72. The first kappa shape index (κ1) is 29.7. The molecule has 1 aromatic rings. The monoisotopic (exact) mass is 482 g/mol. The van der Waals surface area contributed by atoms with E-state index in [1.807, 2.05) is 12.1 Å². The van der Waals surface area contributed by atoms with Gasteiger partial charge in [0.05, 0.1) is 13.2 Å². The van der Waals surface area contributed by atoms with Gasteiger partial charge in [-0.05, 0) is 25.0 Å². The summed E-state index contributed by atoms with van der Waals surface area (Å²) in [6.45, 7) is 4.91. The summed E-state index contributed by atoms with van der Waals surface area (Å²) in [7, 11) is 0. The fourth-order valence-electron chi connectivity index (χ4n) is 3.44. The number of benzene rings is 1. The number of carboxylic acids is 2. The van der Waals surface area contributed by atoms with Crippen molar-refractivity contribution in [3.05, 3.63) is 24.3 Å². The van der Waals surface area contributed by atoms with Crippen molar-refractivity contribution >= 4 is 11.9 Å². The maximum absolute atomic E-state index is 11.4. The molecule has 0 radical (unpaired) electrons. The lowest BCUT2D eigenvalue weighted by molar-refractivity contribution is -0.152. The number of carbonyl (C=O) groups is 2. The number of hydrogen-bond acceptors (Lipinski definition) is 6. The number of ether oxygens (including phenoxy) is 4. The second-order valence-electron chi connectivity index (χ2n) is 8.24. The fraction of sp³-hybridized carbons (Fsp3) is 0.692. The lowest BCUT2D eigenvalue weighted by atomic mass is 10.1. The zero-order valence-electron chi connectivity index (χ0n) is 20.7. The van der Waals surface area contributed by atoms with Crippen molar-refractivity contribution in [2.24, 2.45) is 0 Å². The molecule has 0 spiro atoms. The van der Waals surface area contributed by atoms with E-state index in [-0.39, 0.29) is 26.4 Å². The third-order valence-electron chi connectivity index (χ3n) is 5.36. The normalized spacial score (nSPS) is 12.8. The zero-order valence-corrected chi connectivity index (χ0v) is 20.7. The number of unbranched alkanes of at least 4 members (excludes halogenated alkanes) is 6. The van der Waals surface area contributed by atoms with Gasteiger partial charge in [-0.1, -0.05) is 77.3 Å². The van der Waals surface area contributed by atoms with E-state index in [2.05, 4.69) is 13.8 Å². The summed E-state index contributed by atoms with van der Waals surface area (Å²) in [4.78, 5) is 22.7. The SMILES string of the molecule is CCCCCCC(OCCOc1ccccc1OCCOC(CCCCCC)C(=O)O)C(=O)O. The molecule has 0 aliphatic heterocycles. The van der Waals surface area contributed by atoms with Gasteiger partial charge in [0.25, 0.3) is 0 Å². The van der Waals surface area contributed by atoms with Crippen LogP contribution < -0.4 is 9.47 Å². The number of rotatable bonds is 22. The molecule has 0 saturated carbocycles. The number of aliphatic carboxylic acids is 2. The van der Waals surface area contributed by atoms with Crippen LogP contribution in [0.4, 0.5) is 0 Å². The van der Waals surface area contributed by atoms with E-state index in [9.17, 15) is 19.8 Å². The first-order valence-electron chi connectivity index (χ1n) is 12.5. The van der Waals surface area contributed by atoms with Crippen LogP contribution in [-0.2, 0) is 19.1 Å². The zero-order chi connectivity index (χ0) is 25.0. The summed E-state index contributed by atoms with van der Waals surface area (Å²) in [6.07, 6.45) is 7.36. The van der Waals surface area contributed by atoms with Crippen LogP contribution in [0, 0.1) is 0 Å². The van der Waals surface area contributed by atoms with Crippen LogP contribution in [0.5, 0.6) is 11.5 Å². The quantitative estimate of drug-likeness (QED) is 0.213. The minimum absolute atomic E-state index is 0.153. The van der Waals surface area contributed by atoms with Crippen LogP contribution in [0.1, 0.15) is 78.1 Å². The number of para-hydroxylation sites is 2. The van der Waals surface area contributed by atoms with E-state index in [1.165, 1.54) is 0 Å². The van der Waals surface area contributed by atoms with E-state index in [1.54, 1.807) is 12.1 Å². The van der Waals surface area contributed by atoms with Crippen molar-refractivity contribution in [2.45, 2.75) is 90.3 Å². The van der Waals surface area contributed by atoms with Crippen molar-refractivity contribution in [3.63, 3.8) is 0 Å². The lowest BCUT2D eigenvalue weighted by Crippen LogP contribution is -2.26. The highest BCUT2D eigenvalue weighted by Gasteiger charge is 2.18. The molecule has 0 heterocycles. The van der Waals surface area contributed by atoms with Crippen LogP contribution in [0.2, 0.25) is 0 Å². The van der Waals surface area contributed by atoms with Gasteiger partial charge in [0.1, 0.15) is 13.2 Å². The Morgan fingerprint density at radius 2 is 1.09 bits per heavy atom. The molecule has 0 amide bonds. The molecular weight excluding hydrogens is 440 g/mol. The number of hydrogen-bond donors (Lipinski definition) is 2. The van der Waals surface area contributed by atoms with Crippen molar-refractivity contribution in [2.75, 3.05) is 26.4 Å². The molecular formula is C26H42O8. The number of carboxylic acid groups (broad SMARTS) is 2. The Kier molecular flexibility index (Phi) is 16.6. The topological polar surface area (TPSA) is 112 Å². The minimum Gasteiger partial charge on any atom is -0.487 e. The first-order chi connectivity index (χ1) is 16.5. The smallest absolute Gasteiger partial charge is 0.332 e. The molecule has 8 nitrogen and oxygen atoms in total. The maximum Gasteiger partial charge on any atom is 0.332 e. The van der Waals surface area contributed by atoms with Crippen LogP contribution in [0.15, 0.2) is 24.3 Å². The Morgan fingerprint density at radius 1 is 0.676 bits per heavy atom. The second kappa shape index (κ2) is 19.0. The fourth-order valence-corrected chi connectivity index (χ4v) is 3.44. The summed E-state index contributed by atoms with van der Waals surface area (Å²) in [6, 6.07) is 7.13. The van der Waals surface area contributed by atoms with Gasteiger partial charge in [0.15, 0.2) is 23.7 Å². The molecule has 1 aromatic carbocycles. The maximum atomic E-state index is 11.4. The Labute approximate surface area is 203 Å². The Balaban J connectivity index is 2.38. The molecule has 0 fully saturated rings. The average Bonchev–Trinajstić information content (AvgIpc) is 2.82. The van der Waals surface area contributed by atoms with Crippen molar-refractivity contribution in [1.82, 2.24) is 0 Å². The largest absolute Gasteiger partial charge is 0.487 e. The first-order valence-corrected chi connectivity index (χ1v) is 12.5. The molecule has 0 aliphatic rings. The summed E-state index contributed by atoms with van der Waals surface area (Å²) in [5.41, 5.74) is 0.